The summed E-state index contributed by atoms with van der Waals surface area (Å²) in [6.07, 6.45) is 8.88. The first-order chi connectivity index (χ1) is 5.70. The van der Waals surface area contributed by atoms with Crippen LogP contribution in [0.2, 0.25) is 5.82 Å². The van der Waals surface area contributed by atoms with E-state index in [0.29, 0.717) is 0 Å². The molecule has 1 rings (SSSR count). The quantitative estimate of drug-likeness (QED) is 0.525. The Labute approximate surface area is 78.5 Å². The van der Waals surface area contributed by atoms with Crippen LogP contribution in [0.15, 0.2) is 0 Å². The van der Waals surface area contributed by atoms with Gasteiger partial charge >= 0.3 is 0 Å². The van der Waals surface area contributed by atoms with E-state index in [1.54, 1.807) is 0 Å². The monoisotopic (exact) mass is 166 g/mol. The van der Waals surface area contributed by atoms with Crippen LogP contribution in [0.3, 0.4) is 0 Å². The zero-order valence-corrected chi connectivity index (χ0v) is 8.97. The first-order valence-corrected chi connectivity index (χ1v) is 5.70. The summed E-state index contributed by atoms with van der Waals surface area (Å²) in [5, 5.41) is 0. The van der Waals surface area contributed by atoms with E-state index in [9.17, 15) is 0 Å². The lowest BCUT2D eigenvalue weighted by Gasteiger charge is -2.25. The van der Waals surface area contributed by atoms with Gasteiger partial charge in [-0.25, -0.2) is 0 Å². The van der Waals surface area contributed by atoms with Crippen molar-refractivity contribution in [1.82, 2.24) is 0 Å². The van der Waals surface area contributed by atoms with Crippen molar-refractivity contribution in [3.8, 4) is 0 Å². The van der Waals surface area contributed by atoms with Crippen molar-refractivity contribution in [3.05, 3.63) is 0 Å². The highest BCUT2D eigenvalue weighted by molar-refractivity contribution is 6.11. The van der Waals surface area contributed by atoms with Crippen LogP contribution in [0.25, 0.3) is 0 Å². The molecule has 0 saturated heterocycles. The van der Waals surface area contributed by atoms with Crippen LogP contribution >= 0.6 is 0 Å². The lowest BCUT2D eigenvalue weighted by atomic mass is 9.74. The molecular weight excluding hydrogens is 143 g/mol. The molecule has 1 fully saturated rings. The van der Waals surface area contributed by atoms with Gasteiger partial charge in [-0.15, -0.1) is 0 Å². The van der Waals surface area contributed by atoms with E-state index in [1.807, 2.05) is 0 Å². The fraction of sp³-hybridized carbons (Fsp3) is 1.00. The normalized spacial score (nSPS) is 32.9. The minimum atomic E-state index is 0.915. The maximum atomic E-state index is 2.41. The van der Waals surface area contributed by atoms with Crippen molar-refractivity contribution in [2.45, 2.75) is 58.2 Å². The van der Waals surface area contributed by atoms with Crippen LogP contribution in [0.4, 0.5) is 0 Å². The second-order valence-corrected chi connectivity index (χ2v) is 4.97. The molecule has 0 aromatic heterocycles. The van der Waals surface area contributed by atoms with Crippen molar-refractivity contribution in [2.24, 2.45) is 11.8 Å². The predicted octanol–water partition coefficient (Wildman–Crippen LogP) is 3.03. The zero-order valence-electron chi connectivity index (χ0n) is 8.97. The zero-order chi connectivity index (χ0) is 8.97. The second-order valence-electron chi connectivity index (χ2n) is 4.97. The molecule has 0 aromatic rings. The topological polar surface area (TPSA) is 0 Å². The largest absolute Gasteiger partial charge is 0.105 e. The van der Waals surface area contributed by atoms with Crippen molar-refractivity contribution in [1.29, 1.82) is 0 Å². The Kier molecular flexibility index (Phi) is 4.18. The highest BCUT2D eigenvalue weighted by Gasteiger charge is 2.16. The molecule has 0 nitrogen and oxygen atoms in total. The Morgan fingerprint density at radius 2 is 1.50 bits per heavy atom. The summed E-state index contributed by atoms with van der Waals surface area (Å²) in [4.78, 5) is 0. The molecule has 0 unspecified atom stereocenters. The third-order valence-corrected chi connectivity index (χ3v) is 3.49. The molecule has 1 aliphatic rings. The molecule has 0 radical (unpaired) electrons. The van der Waals surface area contributed by atoms with Gasteiger partial charge in [-0.1, -0.05) is 58.2 Å². The Hall–Kier alpha value is 0.0649. The van der Waals surface area contributed by atoms with Crippen LogP contribution < -0.4 is 0 Å². The number of rotatable bonds is 1. The minimum Gasteiger partial charge on any atom is -0.0697 e. The maximum absolute atomic E-state index is 2.41. The lowest BCUT2D eigenvalue weighted by molar-refractivity contribution is 0.298. The van der Waals surface area contributed by atoms with Gasteiger partial charge in [0.05, 0.1) is 0 Å². The summed E-state index contributed by atoms with van der Waals surface area (Å²) in [5.74, 6) is 2.94. The van der Waals surface area contributed by atoms with Crippen LogP contribution in [0.5, 0.6) is 0 Å². The summed E-state index contributed by atoms with van der Waals surface area (Å²) < 4.78 is 0. The van der Waals surface area contributed by atoms with Crippen molar-refractivity contribution in [2.75, 3.05) is 0 Å². The van der Waals surface area contributed by atoms with Crippen LogP contribution in [-0.4, -0.2) is 7.85 Å². The van der Waals surface area contributed by atoms with Crippen LogP contribution in [0, 0.1) is 11.8 Å². The van der Waals surface area contributed by atoms with Crippen molar-refractivity contribution < 1.29 is 0 Å². The van der Waals surface area contributed by atoms with Gasteiger partial charge in [-0.2, -0.15) is 0 Å². The summed E-state index contributed by atoms with van der Waals surface area (Å²) in [5.41, 5.74) is 0. The molecule has 0 N–H and O–H groups in total. The molecule has 0 spiro atoms. The molecule has 0 amide bonds. The molecule has 12 heavy (non-hydrogen) atoms. The Morgan fingerprint density at radius 1 is 1.00 bits per heavy atom. The standard InChI is InChI=1S/C11H23B/c1-9(2)10-5-3-7-11(12)8-4-6-10/h9-11H,3-8,12H2,1-2H3. The second kappa shape index (κ2) is 4.94. The molecule has 1 aliphatic carbocycles. The average molecular weight is 166 g/mol. The molecule has 0 aromatic carbocycles. The third-order valence-electron chi connectivity index (χ3n) is 3.49. The van der Waals surface area contributed by atoms with Crippen LogP contribution in [0.1, 0.15) is 52.4 Å². The fourth-order valence-electron chi connectivity index (χ4n) is 2.41. The minimum absolute atomic E-state index is 0.915. The van der Waals surface area contributed by atoms with Gasteiger partial charge < -0.3 is 0 Å². The van der Waals surface area contributed by atoms with Gasteiger partial charge in [0.2, 0.25) is 0 Å². The Morgan fingerprint density at radius 3 is 1.92 bits per heavy atom. The Bertz CT molecular complexity index is 110. The lowest BCUT2D eigenvalue weighted by Crippen LogP contribution is -2.12. The van der Waals surface area contributed by atoms with Crippen LogP contribution in [-0.2, 0) is 0 Å². The van der Waals surface area contributed by atoms with Gasteiger partial charge in [0.1, 0.15) is 7.85 Å². The summed E-state index contributed by atoms with van der Waals surface area (Å²) in [6, 6.07) is 0. The molecule has 70 valence electrons. The summed E-state index contributed by atoms with van der Waals surface area (Å²) in [6.45, 7) is 4.77. The molecular formula is C11H23B. The van der Waals surface area contributed by atoms with Gasteiger partial charge in [0, 0.05) is 0 Å². The number of hydrogen-bond acceptors (Lipinski definition) is 0. The van der Waals surface area contributed by atoms with E-state index in [2.05, 4.69) is 21.7 Å². The van der Waals surface area contributed by atoms with E-state index in [0.717, 1.165) is 17.7 Å². The first kappa shape index (κ1) is 10.1. The summed E-state index contributed by atoms with van der Waals surface area (Å²) in [7, 11) is 2.41. The maximum Gasteiger partial charge on any atom is 0.105 e. The molecule has 0 atom stereocenters. The summed E-state index contributed by atoms with van der Waals surface area (Å²) >= 11 is 0. The van der Waals surface area contributed by atoms with Gasteiger partial charge in [-0.05, 0) is 11.8 Å². The molecule has 0 bridgehead atoms. The number of hydrogen-bond donors (Lipinski definition) is 0. The first-order valence-electron chi connectivity index (χ1n) is 5.70. The van der Waals surface area contributed by atoms with E-state index < -0.39 is 0 Å². The molecule has 1 heteroatoms. The van der Waals surface area contributed by atoms with E-state index in [-0.39, 0.29) is 0 Å². The van der Waals surface area contributed by atoms with Gasteiger partial charge in [0.25, 0.3) is 0 Å². The Balaban J connectivity index is 2.30. The highest BCUT2D eigenvalue weighted by atomic mass is 14.2. The van der Waals surface area contributed by atoms with E-state index >= 15 is 0 Å². The SMILES string of the molecule is BC1CCCC(C(C)C)CCC1. The highest BCUT2D eigenvalue weighted by Crippen LogP contribution is 2.31. The molecule has 0 aliphatic heterocycles. The van der Waals surface area contributed by atoms with Crippen molar-refractivity contribution in [3.63, 3.8) is 0 Å². The average Bonchev–Trinajstić information content (AvgIpc) is 1.95. The fourth-order valence-corrected chi connectivity index (χ4v) is 2.41. The smallest absolute Gasteiger partial charge is 0.0697 e. The molecule has 1 saturated carbocycles. The molecule has 0 heterocycles. The van der Waals surface area contributed by atoms with Crippen molar-refractivity contribution >= 4 is 7.85 Å². The predicted molar refractivity (Wildman–Crippen MR) is 58.3 cm³/mol. The van der Waals surface area contributed by atoms with Gasteiger partial charge in [-0.3, -0.25) is 0 Å². The van der Waals surface area contributed by atoms with Gasteiger partial charge in [0.15, 0.2) is 0 Å². The van der Waals surface area contributed by atoms with E-state index in [4.69, 9.17) is 0 Å². The van der Waals surface area contributed by atoms with E-state index in [1.165, 1.54) is 38.5 Å². The third kappa shape index (κ3) is 3.20.